The lowest BCUT2D eigenvalue weighted by atomic mass is 9.85. The SMILES string of the molecule is COc1ccc(C[C@H]2COC(=O)[C@@H]2Cc2ccc(OC(=O)N(C)c3ccccc3)c(OC)c2)cc1OC. The number of amides is 1. The maximum Gasteiger partial charge on any atom is 0.419 e. The normalized spacial score (nSPS) is 16.6. The molecule has 0 bridgehead atoms. The van der Waals surface area contributed by atoms with Gasteiger partial charge in [-0.2, -0.15) is 0 Å². The Kier molecular flexibility index (Phi) is 8.18. The lowest BCUT2D eigenvalue weighted by Gasteiger charge is -2.19. The second-order valence-electron chi connectivity index (χ2n) is 8.84. The molecule has 3 aromatic carbocycles. The van der Waals surface area contributed by atoms with Gasteiger partial charge in [0.25, 0.3) is 0 Å². The molecular formula is C29H31NO7. The van der Waals surface area contributed by atoms with Crippen molar-refractivity contribution >= 4 is 17.7 Å². The van der Waals surface area contributed by atoms with Crippen LogP contribution in [0.4, 0.5) is 10.5 Å². The number of rotatable bonds is 9. The molecule has 0 radical (unpaired) electrons. The zero-order valence-corrected chi connectivity index (χ0v) is 21.4. The van der Waals surface area contributed by atoms with Crippen molar-refractivity contribution in [3.8, 4) is 23.0 Å². The molecule has 0 aliphatic carbocycles. The predicted octanol–water partition coefficient (Wildman–Crippen LogP) is 4.92. The highest BCUT2D eigenvalue weighted by molar-refractivity contribution is 5.88. The molecule has 2 atom stereocenters. The summed E-state index contributed by atoms with van der Waals surface area (Å²) >= 11 is 0. The molecule has 0 N–H and O–H groups in total. The van der Waals surface area contributed by atoms with E-state index in [1.54, 1.807) is 33.4 Å². The first-order chi connectivity index (χ1) is 17.9. The third-order valence-corrected chi connectivity index (χ3v) is 6.56. The highest BCUT2D eigenvalue weighted by Crippen LogP contribution is 2.35. The van der Waals surface area contributed by atoms with Crippen molar-refractivity contribution in [3.63, 3.8) is 0 Å². The predicted molar refractivity (Wildman–Crippen MR) is 139 cm³/mol. The number of methoxy groups -OCH3 is 3. The monoisotopic (exact) mass is 505 g/mol. The molecule has 1 aliphatic heterocycles. The van der Waals surface area contributed by atoms with Gasteiger partial charge in [0.2, 0.25) is 0 Å². The van der Waals surface area contributed by atoms with Gasteiger partial charge >= 0.3 is 12.1 Å². The number of nitrogens with zero attached hydrogens (tertiary/aromatic N) is 1. The maximum absolute atomic E-state index is 12.7. The largest absolute Gasteiger partial charge is 0.493 e. The quantitative estimate of drug-likeness (QED) is 0.382. The molecule has 37 heavy (non-hydrogen) atoms. The fraction of sp³-hybridized carbons (Fsp3) is 0.310. The van der Waals surface area contributed by atoms with Crippen molar-refractivity contribution in [1.29, 1.82) is 0 Å². The summed E-state index contributed by atoms with van der Waals surface area (Å²) in [6, 6.07) is 20.3. The molecule has 8 heteroatoms. The molecule has 8 nitrogen and oxygen atoms in total. The molecular weight excluding hydrogens is 474 g/mol. The van der Waals surface area contributed by atoms with E-state index in [0.29, 0.717) is 48.1 Å². The molecule has 1 amide bonds. The Balaban J connectivity index is 1.46. The number of anilines is 1. The van der Waals surface area contributed by atoms with E-state index in [0.717, 1.165) is 11.1 Å². The highest BCUT2D eigenvalue weighted by Gasteiger charge is 2.37. The molecule has 0 saturated carbocycles. The van der Waals surface area contributed by atoms with Crippen LogP contribution >= 0.6 is 0 Å². The molecule has 1 heterocycles. The Morgan fingerprint density at radius 2 is 1.43 bits per heavy atom. The highest BCUT2D eigenvalue weighted by atomic mass is 16.6. The van der Waals surface area contributed by atoms with E-state index in [1.807, 2.05) is 54.6 Å². The lowest BCUT2D eigenvalue weighted by molar-refractivity contribution is -0.141. The number of cyclic esters (lactones) is 1. The minimum atomic E-state index is -0.536. The molecule has 1 fully saturated rings. The van der Waals surface area contributed by atoms with Crippen molar-refractivity contribution in [3.05, 3.63) is 77.9 Å². The van der Waals surface area contributed by atoms with Gasteiger partial charge in [0, 0.05) is 18.7 Å². The smallest absolute Gasteiger partial charge is 0.419 e. The first-order valence-corrected chi connectivity index (χ1v) is 12.0. The van der Waals surface area contributed by atoms with Crippen LogP contribution in [0, 0.1) is 11.8 Å². The van der Waals surface area contributed by atoms with E-state index in [9.17, 15) is 9.59 Å². The standard InChI is InChI=1S/C29H31NO7/c1-30(22-8-6-5-7-9-22)29(32)37-25-13-11-20(17-27(25)35-4)15-23-21(18-36-28(23)31)14-19-10-12-24(33-2)26(16-19)34-3/h5-13,16-17,21,23H,14-15,18H2,1-4H3/t21-,23+/m0/s1. The molecule has 0 unspecified atom stereocenters. The summed E-state index contributed by atoms with van der Waals surface area (Å²) in [5.41, 5.74) is 2.63. The molecule has 1 saturated heterocycles. The zero-order valence-electron chi connectivity index (χ0n) is 21.4. The minimum Gasteiger partial charge on any atom is -0.493 e. The van der Waals surface area contributed by atoms with Gasteiger partial charge in [-0.05, 0) is 60.4 Å². The second-order valence-corrected chi connectivity index (χ2v) is 8.84. The van der Waals surface area contributed by atoms with Gasteiger partial charge in [-0.1, -0.05) is 30.3 Å². The van der Waals surface area contributed by atoms with Gasteiger partial charge in [0.1, 0.15) is 0 Å². The first-order valence-electron chi connectivity index (χ1n) is 12.0. The van der Waals surface area contributed by atoms with Gasteiger partial charge in [-0.15, -0.1) is 0 Å². The van der Waals surface area contributed by atoms with Crippen LogP contribution in [-0.2, 0) is 22.4 Å². The Morgan fingerprint density at radius 3 is 2.08 bits per heavy atom. The van der Waals surface area contributed by atoms with Gasteiger partial charge in [-0.25, -0.2) is 4.79 Å². The van der Waals surface area contributed by atoms with Crippen molar-refractivity contribution in [2.45, 2.75) is 12.8 Å². The van der Waals surface area contributed by atoms with E-state index in [-0.39, 0.29) is 17.8 Å². The second kappa shape index (κ2) is 11.7. The molecule has 0 spiro atoms. The Labute approximate surface area is 216 Å². The van der Waals surface area contributed by atoms with E-state index in [2.05, 4.69) is 0 Å². The number of hydrogen-bond acceptors (Lipinski definition) is 7. The van der Waals surface area contributed by atoms with Gasteiger partial charge in [-0.3, -0.25) is 9.69 Å². The lowest BCUT2D eigenvalue weighted by Crippen LogP contribution is -2.29. The number of carbonyl (C=O) groups is 2. The first kappa shape index (κ1) is 25.9. The molecule has 3 aromatic rings. The Hall–Kier alpha value is -4.20. The number of ether oxygens (including phenoxy) is 5. The summed E-state index contributed by atoms with van der Waals surface area (Å²) in [5, 5.41) is 0. The van der Waals surface area contributed by atoms with Crippen molar-refractivity contribution in [2.24, 2.45) is 11.8 Å². The van der Waals surface area contributed by atoms with E-state index in [1.165, 1.54) is 12.0 Å². The number of benzene rings is 3. The van der Waals surface area contributed by atoms with Crippen LogP contribution in [-0.4, -0.2) is 47.0 Å². The van der Waals surface area contributed by atoms with Crippen LogP contribution in [0.3, 0.4) is 0 Å². The third kappa shape index (κ3) is 5.97. The van der Waals surface area contributed by atoms with Crippen LogP contribution in [0.1, 0.15) is 11.1 Å². The van der Waals surface area contributed by atoms with Crippen LogP contribution in [0.25, 0.3) is 0 Å². The van der Waals surface area contributed by atoms with Crippen molar-refractivity contribution in [1.82, 2.24) is 0 Å². The number of hydrogen-bond donors (Lipinski definition) is 0. The van der Waals surface area contributed by atoms with Gasteiger partial charge < -0.3 is 23.7 Å². The number of para-hydroxylation sites is 1. The van der Waals surface area contributed by atoms with E-state index in [4.69, 9.17) is 23.7 Å². The molecule has 1 aliphatic rings. The summed E-state index contributed by atoms with van der Waals surface area (Å²) in [6.45, 7) is 0.358. The Bertz CT molecular complexity index is 1240. The summed E-state index contributed by atoms with van der Waals surface area (Å²) < 4.78 is 27.2. The third-order valence-electron chi connectivity index (χ3n) is 6.56. The molecule has 194 valence electrons. The van der Waals surface area contributed by atoms with Gasteiger partial charge in [0.15, 0.2) is 23.0 Å². The van der Waals surface area contributed by atoms with Gasteiger partial charge in [0.05, 0.1) is 33.9 Å². The molecule has 0 aromatic heterocycles. The number of carbonyl (C=O) groups excluding carboxylic acids is 2. The number of esters is 1. The maximum atomic E-state index is 12.7. The average Bonchev–Trinajstić information content (AvgIpc) is 3.27. The average molecular weight is 506 g/mol. The molecule has 4 rings (SSSR count). The minimum absolute atomic E-state index is 0.00798. The van der Waals surface area contributed by atoms with E-state index < -0.39 is 6.09 Å². The van der Waals surface area contributed by atoms with Crippen LogP contribution in [0.15, 0.2) is 66.7 Å². The summed E-state index contributed by atoms with van der Waals surface area (Å²) in [5.74, 6) is 1.50. The van der Waals surface area contributed by atoms with Crippen LogP contribution in [0.2, 0.25) is 0 Å². The van der Waals surface area contributed by atoms with Crippen LogP contribution < -0.4 is 23.8 Å². The summed E-state index contributed by atoms with van der Waals surface area (Å²) in [4.78, 5) is 26.7. The zero-order chi connectivity index (χ0) is 26.4. The van der Waals surface area contributed by atoms with Crippen LogP contribution in [0.5, 0.6) is 23.0 Å². The fourth-order valence-electron chi connectivity index (χ4n) is 4.46. The van der Waals surface area contributed by atoms with Crippen molar-refractivity contribution in [2.75, 3.05) is 39.9 Å². The topological polar surface area (TPSA) is 83.5 Å². The van der Waals surface area contributed by atoms with E-state index >= 15 is 0 Å². The summed E-state index contributed by atoms with van der Waals surface area (Å²) in [7, 11) is 6.35. The van der Waals surface area contributed by atoms with Crippen molar-refractivity contribution < 1.29 is 33.3 Å². The Morgan fingerprint density at radius 1 is 0.838 bits per heavy atom. The summed E-state index contributed by atoms with van der Waals surface area (Å²) in [6.07, 6.45) is 0.604. The fourth-order valence-corrected chi connectivity index (χ4v) is 4.46.